The van der Waals surface area contributed by atoms with E-state index in [0.29, 0.717) is 25.1 Å². The van der Waals surface area contributed by atoms with Crippen LogP contribution in [-0.4, -0.2) is 25.4 Å². The maximum absolute atomic E-state index is 12.2. The number of hydrogen-bond donors (Lipinski definition) is 3. The van der Waals surface area contributed by atoms with Gasteiger partial charge in [0.1, 0.15) is 0 Å². The highest BCUT2D eigenvalue weighted by Gasteiger charge is 2.32. The second-order valence-corrected chi connectivity index (χ2v) is 6.49. The molecule has 1 fully saturated rings. The van der Waals surface area contributed by atoms with Crippen molar-refractivity contribution in [2.45, 2.75) is 45.1 Å². The first-order valence-corrected chi connectivity index (χ1v) is 8.36. The van der Waals surface area contributed by atoms with Gasteiger partial charge in [-0.25, -0.2) is 0 Å². The SMILES string of the molecule is CNC(=O)c1ccc(CNC(=O)CC2(CN)CCCCC2)cc1. The van der Waals surface area contributed by atoms with Crippen LogP contribution in [0.15, 0.2) is 24.3 Å². The Morgan fingerprint density at radius 1 is 1.13 bits per heavy atom. The third-order valence-corrected chi connectivity index (χ3v) is 4.82. The zero-order valence-corrected chi connectivity index (χ0v) is 13.9. The van der Waals surface area contributed by atoms with Crippen LogP contribution in [0.2, 0.25) is 0 Å². The van der Waals surface area contributed by atoms with Gasteiger partial charge in [-0.3, -0.25) is 9.59 Å². The first kappa shape index (κ1) is 17.5. The normalized spacial score (nSPS) is 16.6. The molecule has 23 heavy (non-hydrogen) atoms. The molecule has 5 nitrogen and oxygen atoms in total. The van der Waals surface area contributed by atoms with E-state index < -0.39 is 0 Å². The summed E-state index contributed by atoms with van der Waals surface area (Å²) in [5, 5.41) is 5.56. The third kappa shape index (κ3) is 4.79. The molecule has 5 heteroatoms. The van der Waals surface area contributed by atoms with Crippen molar-refractivity contribution in [3.63, 3.8) is 0 Å². The fraction of sp³-hybridized carbons (Fsp3) is 0.556. The van der Waals surface area contributed by atoms with Crippen molar-refractivity contribution in [2.24, 2.45) is 11.1 Å². The molecule has 1 aromatic rings. The highest BCUT2D eigenvalue weighted by Crippen LogP contribution is 2.38. The highest BCUT2D eigenvalue weighted by atomic mass is 16.2. The minimum Gasteiger partial charge on any atom is -0.355 e. The zero-order chi connectivity index (χ0) is 16.7. The van der Waals surface area contributed by atoms with E-state index in [9.17, 15) is 9.59 Å². The standard InChI is InChI=1S/C18H27N3O2/c1-20-17(23)15-7-5-14(6-8-15)12-21-16(22)11-18(13-19)9-3-2-4-10-18/h5-8H,2-4,9-13,19H2,1H3,(H,20,23)(H,21,22). The summed E-state index contributed by atoms with van der Waals surface area (Å²) < 4.78 is 0. The van der Waals surface area contributed by atoms with Crippen LogP contribution in [0.5, 0.6) is 0 Å². The number of amides is 2. The summed E-state index contributed by atoms with van der Waals surface area (Å²) in [5.74, 6) is -0.0458. The summed E-state index contributed by atoms with van der Waals surface area (Å²) in [6, 6.07) is 7.26. The van der Waals surface area contributed by atoms with Crippen LogP contribution in [-0.2, 0) is 11.3 Å². The average Bonchev–Trinajstić information content (AvgIpc) is 2.60. The molecule has 4 N–H and O–H groups in total. The largest absolute Gasteiger partial charge is 0.355 e. The van der Waals surface area contributed by atoms with Gasteiger partial charge in [0.15, 0.2) is 0 Å². The number of carbonyl (C=O) groups is 2. The number of benzene rings is 1. The molecule has 2 rings (SSSR count). The lowest BCUT2D eigenvalue weighted by molar-refractivity contribution is -0.124. The fourth-order valence-corrected chi connectivity index (χ4v) is 3.28. The van der Waals surface area contributed by atoms with Crippen molar-refractivity contribution in [1.29, 1.82) is 0 Å². The molecule has 0 atom stereocenters. The number of carbonyl (C=O) groups excluding carboxylic acids is 2. The topological polar surface area (TPSA) is 84.2 Å². The van der Waals surface area contributed by atoms with Crippen molar-refractivity contribution in [2.75, 3.05) is 13.6 Å². The van der Waals surface area contributed by atoms with Crippen LogP contribution in [0.4, 0.5) is 0 Å². The molecule has 1 aliphatic rings. The lowest BCUT2D eigenvalue weighted by atomic mass is 9.71. The quantitative estimate of drug-likeness (QED) is 0.750. The summed E-state index contributed by atoms with van der Waals surface area (Å²) in [5.41, 5.74) is 7.53. The van der Waals surface area contributed by atoms with Crippen LogP contribution >= 0.6 is 0 Å². The molecule has 2 amide bonds. The Bertz CT molecular complexity index is 534. The van der Waals surface area contributed by atoms with Crippen molar-refractivity contribution in [1.82, 2.24) is 10.6 Å². The molecule has 0 aromatic heterocycles. The summed E-state index contributed by atoms with van der Waals surface area (Å²) in [6.45, 7) is 1.06. The molecule has 126 valence electrons. The zero-order valence-electron chi connectivity index (χ0n) is 13.9. The lowest BCUT2D eigenvalue weighted by Gasteiger charge is -2.35. The molecule has 0 radical (unpaired) electrons. The minimum absolute atomic E-state index is 0.00853. The second kappa shape index (κ2) is 8.11. The third-order valence-electron chi connectivity index (χ3n) is 4.82. The Hall–Kier alpha value is -1.88. The molecule has 0 saturated heterocycles. The van der Waals surface area contributed by atoms with Crippen molar-refractivity contribution < 1.29 is 9.59 Å². The molecule has 0 bridgehead atoms. The summed E-state index contributed by atoms with van der Waals surface area (Å²) in [6.07, 6.45) is 6.22. The van der Waals surface area contributed by atoms with Crippen LogP contribution in [0.1, 0.15) is 54.4 Å². The molecule has 1 aliphatic carbocycles. The molecular formula is C18H27N3O2. The lowest BCUT2D eigenvalue weighted by Crippen LogP contribution is -2.38. The van der Waals surface area contributed by atoms with Crippen molar-refractivity contribution in [3.05, 3.63) is 35.4 Å². The molecule has 0 spiro atoms. The Morgan fingerprint density at radius 3 is 2.35 bits per heavy atom. The van der Waals surface area contributed by atoms with Crippen LogP contribution in [0.25, 0.3) is 0 Å². The Labute approximate surface area is 138 Å². The summed E-state index contributed by atoms with van der Waals surface area (Å²) in [4.78, 5) is 23.7. The van der Waals surface area contributed by atoms with Gasteiger partial charge in [-0.1, -0.05) is 31.4 Å². The number of nitrogens with two attached hydrogens (primary N) is 1. The van der Waals surface area contributed by atoms with E-state index in [4.69, 9.17) is 5.73 Å². The van der Waals surface area contributed by atoms with Crippen molar-refractivity contribution >= 4 is 11.8 Å². The second-order valence-electron chi connectivity index (χ2n) is 6.49. The van der Waals surface area contributed by atoms with E-state index in [1.165, 1.54) is 19.3 Å². The minimum atomic E-state index is -0.109. The smallest absolute Gasteiger partial charge is 0.251 e. The highest BCUT2D eigenvalue weighted by molar-refractivity contribution is 5.93. The van der Waals surface area contributed by atoms with E-state index in [1.54, 1.807) is 19.2 Å². The molecule has 0 unspecified atom stereocenters. The van der Waals surface area contributed by atoms with Gasteiger partial charge in [0.2, 0.25) is 5.91 Å². The van der Waals surface area contributed by atoms with Gasteiger partial charge >= 0.3 is 0 Å². The van der Waals surface area contributed by atoms with E-state index in [0.717, 1.165) is 18.4 Å². The van der Waals surface area contributed by atoms with Gasteiger partial charge in [0.25, 0.3) is 5.91 Å². The Morgan fingerprint density at radius 2 is 1.78 bits per heavy atom. The van der Waals surface area contributed by atoms with Gasteiger partial charge in [-0.2, -0.15) is 0 Å². The maximum atomic E-state index is 12.2. The average molecular weight is 317 g/mol. The molecule has 0 heterocycles. The van der Waals surface area contributed by atoms with Crippen molar-refractivity contribution in [3.8, 4) is 0 Å². The van der Waals surface area contributed by atoms with Gasteiger partial charge in [-0.05, 0) is 42.5 Å². The number of nitrogens with one attached hydrogen (secondary N) is 2. The van der Waals surface area contributed by atoms with Crippen LogP contribution in [0, 0.1) is 5.41 Å². The summed E-state index contributed by atoms with van der Waals surface area (Å²) >= 11 is 0. The fourth-order valence-electron chi connectivity index (χ4n) is 3.28. The van der Waals surface area contributed by atoms with E-state index in [-0.39, 0.29) is 17.2 Å². The van der Waals surface area contributed by atoms with E-state index in [1.807, 2.05) is 12.1 Å². The first-order valence-electron chi connectivity index (χ1n) is 8.36. The number of rotatable bonds is 6. The Balaban J connectivity index is 1.85. The predicted octanol–water partition coefficient (Wildman–Crippen LogP) is 1.96. The Kier molecular flexibility index (Phi) is 6.16. The van der Waals surface area contributed by atoms with E-state index >= 15 is 0 Å². The number of hydrogen-bond acceptors (Lipinski definition) is 3. The molecule has 1 aromatic carbocycles. The predicted molar refractivity (Wildman–Crippen MR) is 90.9 cm³/mol. The van der Waals surface area contributed by atoms with Gasteiger partial charge in [-0.15, -0.1) is 0 Å². The molecule has 1 saturated carbocycles. The molecule has 0 aliphatic heterocycles. The monoisotopic (exact) mass is 317 g/mol. The van der Waals surface area contributed by atoms with Gasteiger partial charge in [0.05, 0.1) is 0 Å². The van der Waals surface area contributed by atoms with Crippen LogP contribution < -0.4 is 16.4 Å². The maximum Gasteiger partial charge on any atom is 0.251 e. The van der Waals surface area contributed by atoms with Crippen LogP contribution in [0.3, 0.4) is 0 Å². The van der Waals surface area contributed by atoms with Gasteiger partial charge < -0.3 is 16.4 Å². The summed E-state index contributed by atoms with van der Waals surface area (Å²) in [7, 11) is 1.61. The van der Waals surface area contributed by atoms with E-state index in [2.05, 4.69) is 10.6 Å². The molecular weight excluding hydrogens is 290 g/mol. The first-order chi connectivity index (χ1) is 11.1. The van der Waals surface area contributed by atoms with Gasteiger partial charge in [0, 0.05) is 25.6 Å².